The van der Waals surface area contributed by atoms with Gasteiger partial charge in [-0.25, -0.2) is 27.0 Å². The van der Waals surface area contributed by atoms with E-state index in [1.54, 1.807) is 36.4 Å². The largest absolute Gasteiger partial charge is 0.423 e. The molecule has 2 aromatic heterocycles. The topological polar surface area (TPSA) is 146 Å². The maximum absolute atomic E-state index is 13.8. The Bertz CT molecular complexity index is 1860. The van der Waals surface area contributed by atoms with Crippen molar-refractivity contribution in [3.63, 3.8) is 0 Å². The quantitative estimate of drug-likeness (QED) is 0.257. The van der Waals surface area contributed by atoms with E-state index in [-0.39, 0.29) is 28.1 Å². The average molecular weight is 610 g/mol. The minimum Gasteiger partial charge on any atom is -0.423 e. The summed E-state index contributed by atoms with van der Waals surface area (Å²) in [5, 5.41) is 12.5. The van der Waals surface area contributed by atoms with E-state index in [1.807, 2.05) is 18.2 Å². The SMILES string of the molecule is NS(=O)(=O)CCc1nnc(C(c2nc3ccc(-c4ccc(Cl)c(Cl)c4)cc3s2)S(=O)(=O)c2ccccc2)o1. The number of sulfonamides is 1. The predicted molar refractivity (Wildman–Crippen MR) is 147 cm³/mol. The van der Waals surface area contributed by atoms with E-state index in [1.165, 1.54) is 23.5 Å². The van der Waals surface area contributed by atoms with Gasteiger partial charge >= 0.3 is 0 Å². The number of halogens is 2. The molecule has 0 amide bonds. The van der Waals surface area contributed by atoms with E-state index < -0.39 is 30.9 Å². The Morgan fingerprint density at radius 2 is 1.61 bits per heavy atom. The van der Waals surface area contributed by atoms with Crippen molar-refractivity contribution in [3.8, 4) is 11.1 Å². The molecule has 1 atom stereocenters. The van der Waals surface area contributed by atoms with Gasteiger partial charge in [-0.2, -0.15) is 0 Å². The van der Waals surface area contributed by atoms with Gasteiger partial charge in [0, 0.05) is 6.42 Å². The van der Waals surface area contributed by atoms with Crippen LogP contribution in [0.2, 0.25) is 10.0 Å². The fourth-order valence-corrected chi connectivity index (χ4v) is 7.48. The van der Waals surface area contributed by atoms with E-state index in [2.05, 4.69) is 15.2 Å². The maximum atomic E-state index is 13.8. The van der Waals surface area contributed by atoms with Crippen LogP contribution in [-0.4, -0.2) is 37.8 Å². The molecule has 2 N–H and O–H groups in total. The second-order valence-corrected chi connectivity index (χ2v) is 13.9. The summed E-state index contributed by atoms with van der Waals surface area (Å²) in [6, 6.07) is 18.7. The molecule has 5 rings (SSSR count). The Kier molecular flexibility index (Phi) is 7.29. The Balaban J connectivity index is 1.60. The van der Waals surface area contributed by atoms with Crippen molar-refractivity contribution >= 4 is 64.6 Å². The number of nitrogens with zero attached hydrogens (tertiary/aromatic N) is 3. The first-order valence-corrected chi connectivity index (χ1v) is 15.8. The van der Waals surface area contributed by atoms with Crippen LogP contribution >= 0.6 is 34.5 Å². The summed E-state index contributed by atoms with van der Waals surface area (Å²) >= 11 is 13.4. The molecule has 196 valence electrons. The Hall–Kier alpha value is -2.87. The zero-order valence-electron chi connectivity index (χ0n) is 19.3. The molecule has 0 spiro atoms. The molecule has 0 saturated carbocycles. The molecule has 0 saturated heterocycles. The Labute approximate surface area is 232 Å². The zero-order valence-corrected chi connectivity index (χ0v) is 23.2. The summed E-state index contributed by atoms with van der Waals surface area (Å²) in [5.74, 6) is -0.698. The number of hydrogen-bond acceptors (Lipinski definition) is 9. The average Bonchev–Trinajstić information content (AvgIpc) is 3.51. The summed E-state index contributed by atoms with van der Waals surface area (Å²) in [5.41, 5.74) is 2.26. The van der Waals surface area contributed by atoms with Crippen molar-refractivity contribution in [2.45, 2.75) is 16.6 Å². The second-order valence-electron chi connectivity index (χ2n) is 8.25. The molecule has 3 aromatic carbocycles. The Morgan fingerprint density at radius 1 is 0.895 bits per heavy atom. The van der Waals surface area contributed by atoms with Gasteiger partial charge in [0.15, 0.2) is 15.1 Å². The van der Waals surface area contributed by atoms with Gasteiger partial charge in [-0.3, -0.25) is 0 Å². The van der Waals surface area contributed by atoms with E-state index >= 15 is 0 Å². The van der Waals surface area contributed by atoms with Gasteiger partial charge in [-0.05, 0) is 47.5 Å². The summed E-state index contributed by atoms with van der Waals surface area (Å²) in [4.78, 5) is 4.64. The number of nitrogens with two attached hydrogens (primary N) is 1. The highest BCUT2D eigenvalue weighted by Gasteiger charge is 2.38. The van der Waals surface area contributed by atoms with Crippen LogP contribution in [0.4, 0.5) is 0 Å². The van der Waals surface area contributed by atoms with Crippen molar-refractivity contribution in [2.24, 2.45) is 5.14 Å². The third-order valence-corrected chi connectivity index (χ3v) is 10.3. The van der Waals surface area contributed by atoms with Gasteiger partial charge in [0.05, 0.1) is 30.9 Å². The molecular weight excluding hydrogens is 591 g/mol. The molecule has 14 heteroatoms. The molecule has 1 unspecified atom stereocenters. The molecule has 0 radical (unpaired) electrons. The molecule has 38 heavy (non-hydrogen) atoms. The highest BCUT2D eigenvalue weighted by Crippen LogP contribution is 2.39. The number of primary sulfonamides is 1. The van der Waals surface area contributed by atoms with Gasteiger partial charge in [0.25, 0.3) is 0 Å². The summed E-state index contributed by atoms with van der Waals surface area (Å²) in [6.45, 7) is 0. The van der Waals surface area contributed by atoms with Gasteiger partial charge in [0.1, 0.15) is 5.01 Å². The highest BCUT2D eigenvalue weighted by atomic mass is 35.5. The van der Waals surface area contributed by atoms with Gasteiger partial charge < -0.3 is 4.42 Å². The van der Waals surface area contributed by atoms with Crippen molar-refractivity contribution < 1.29 is 21.3 Å². The smallest absolute Gasteiger partial charge is 0.242 e. The third-order valence-electron chi connectivity index (χ3n) is 5.57. The van der Waals surface area contributed by atoms with Crippen molar-refractivity contribution in [3.05, 3.63) is 93.6 Å². The fourth-order valence-electron chi connectivity index (χ4n) is 3.73. The molecule has 0 bridgehead atoms. The van der Waals surface area contributed by atoms with Crippen LogP contribution in [0, 0.1) is 0 Å². The van der Waals surface area contributed by atoms with E-state index in [0.29, 0.717) is 15.6 Å². The number of aryl methyl sites for hydroxylation is 1. The van der Waals surface area contributed by atoms with Crippen molar-refractivity contribution in [1.82, 2.24) is 15.2 Å². The van der Waals surface area contributed by atoms with E-state index in [9.17, 15) is 16.8 Å². The molecule has 5 aromatic rings. The van der Waals surface area contributed by atoms with Gasteiger partial charge in [-0.15, -0.1) is 21.5 Å². The monoisotopic (exact) mass is 608 g/mol. The summed E-state index contributed by atoms with van der Waals surface area (Å²) in [7, 11) is -7.86. The first-order valence-electron chi connectivity index (χ1n) is 11.0. The first kappa shape index (κ1) is 26.7. The molecular formula is C24H18Cl2N4O5S3. The lowest BCUT2D eigenvalue weighted by Crippen LogP contribution is -2.18. The lowest BCUT2D eigenvalue weighted by Gasteiger charge is -2.12. The van der Waals surface area contributed by atoms with Crippen LogP contribution in [0.1, 0.15) is 22.0 Å². The third kappa shape index (κ3) is 5.60. The first-order chi connectivity index (χ1) is 18.0. The minimum absolute atomic E-state index is 0.0463. The second kappa shape index (κ2) is 10.4. The Morgan fingerprint density at radius 3 is 2.32 bits per heavy atom. The molecule has 0 aliphatic carbocycles. The number of benzene rings is 3. The zero-order chi connectivity index (χ0) is 27.1. The predicted octanol–water partition coefficient (Wildman–Crippen LogP) is 5.05. The molecule has 2 heterocycles. The normalized spacial score (nSPS) is 13.1. The molecule has 0 aliphatic rings. The fraction of sp³-hybridized carbons (Fsp3) is 0.125. The van der Waals surface area contributed by atoms with Gasteiger partial charge in [-0.1, -0.05) is 53.5 Å². The van der Waals surface area contributed by atoms with Crippen LogP contribution in [-0.2, 0) is 26.3 Å². The molecule has 0 fully saturated rings. The number of aromatic nitrogens is 3. The molecule has 9 nitrogen and oxygen atoms in total. The van der Waals surface area contributed by atoms with Crippen LogP contribution in [0.25, 0.3) is 21.3 Å². The molecule has 0 aliphatic heterocycles. The highest BCUT2D eigenvalue weighted by molar-refractivity contribution is 7.92. The van der Waals surface area contributed by atoms with Crippen LogP contribution in [0.3, 0.4) is 0 Å². The van der Waals surface area contributed by atoms with Crippen LogP contribution < -0.4 is 5.14 Å². The number of hydrogen-bond donors (Lipinski definition) is 1. The number of rotatable bonds is 8. The lowest BCUT2D eigenvalue weighted by atomic mass is 10.1. The van der Waals surface area contributed by atoms with Crippen molar-refractivity contribution in [1.29, 1.82) is 0 Å². The number of thiazole rings is 1. The standard InChI is InChI=1S/C24H18Cl2N4O5S3/c25-17-8-6-14(12-18(17)26)15-7-9-19-20(13-15)36-24(28-19)22(38(33,34)16-4-2-1-3-5-16)23-30-29-21(35-23)10-11-37(27,31)32/h1-9,12-13,22H,10-11H2,(H2,27,31,32). The summed E-state index contributed by atoms with van der Waals surface area (Å²) in [6.07, 6.45) is -0.156. The van der Waals surface area contributed by atoms with Crippen molar-refractivity contribution in [2.75, 3.05) is 5.75 Å². The number of fused-ring (bicyclic) bond motifs is 1. The van der Waals surface area contributed by atoms with E-state index in [0.717, 1.165) is 15.8 Å². The maximum Gasteiger partial charge on any atom is 0.242 e. The number of sulfone groups is 1. The summed E-state index contributed by atoms with van der Waals surface area (Å²) < 4.78 is 56.6. The lowest BCUT2D eigenvalue weighted by molar-refractivity contribution is 0.453. The van der Waals surface area contributed by atoms with Crippen LogP contribution in [0.5, 0.6) is 0 Å². The van der Waals surface area contributed by atoms with E-state index in [4.69, 9.17) is 32.8 Å². The van der Waals surface area contributed by atoms with Gasteiger partial charge in [0.2, 0.25) is 21.8 Å². The minimum atomic E-state index is -4.08. The van der Waals surface area contributed by atoms with Crippen LogP contribution in [0.15, 0.2) is 76.0 Å².